The SMILES string of the molecule is CC1(C)CC(=O)C2=C(C1)Nc1c(C#N)cnn1C2c1ccc(O)c(O)c1. The fourth-order valence-electron chi connectivity index (χ4n) is 3.81. The van der Waals surface area contributed by atoms with Crippen LogP contribution in [-0.2, 0) is 4.79 Å². The third-order valence-electron chi connectivity index (χ3n) is 4.94. The minimum Gasteiger partial charge on any atom is -0.504 e. The number of phenolic OH excluding ortho intramolecular Hbond substituents is 2. The lowest BCUT2D eigenvalue weighted by Gasteiger charge is -2.38. The number of phenols is 2. The van der Waals surface area contributed by atoms with E-state index in [0.29, 0.717) is 35.4 Å². The van der Waals surface area contributed by atoms with Crippen LogP contribution in [0.25, 0.3) is 0 Å². The molecule has 7 nitrogen and oxygen atoms in total. The maximum Gasteiger partial charge on any atom is 0.163 e. The number of carbonyl (C=O) groups is 1. The minimum absolute atomic E-state index is 0.0148. The highest BCUT2D eigenvalue weighted by atomic mass is 16.3. The number of nitrogens with one attached hydrogen (secondary N) is 1. The molecule has 1 atom stereocenters. The molecule has 1 aromatic heterocycles. The molecule has 0 saturated heterocycles. The Morgan fingerprint density at radius 1 is 1.31 bits per heavy atom. The minimum atomic E-state index is -0.557. The third kappa shape index (κ3) is 2.34. The molecule has 0 bridgehead atoms. The van der Waals surface area contributed by atoms with E-state index in [1.54, 1.807) is 10.7 Å². The second-order valence-electron chi connectivity index (χ2n) is 7.57. The van der Waals surface area contributed by atoms with Crippen molar-refractivity contribution in [2.24, 2.45) is 5.41 Å². The van der Waals surface area contributed by atoms with Gasteiger partial charge >= 0.3 is 0 Å². The van der Waals surface area contributed by atoms with Crippen LogP contribution >= 0.6 is 0 Å². The van der Waals surface area contributed by atoms with Crippen LogP contribution in [0, 0.1) is 16.7 Å². The molecule has 3 N–H and O–H groups in total. The topological polar surface area (TPSA) is 111 Å². The molecule has 7 heteroatoms. The standard InChI is InChI=1S/C19H18N4O3/c1-19(2)6-12-16(15(26)7-19)17(10-3-4-13(24)14(25)5-10)23-18(22-12)11(8-20)9-21-23/h3-5,9,17,22,24-25H,6-7H2,1-2H3. The van der Waals surface area contributed by atoms with Crippen molar-refractivity contribution in [2.45, 2.75) is 32.7 Å². The van der Waals surface area contributed by atoms with Gasteiger partial charge in [0.2, 0.25) is 0 Å². The molecular weight excluding hydrogens is 332 g/mol. The number of nitriles is 1. The number of aromatic nitrogens is 2. The molecule has 1 aliphatic heterocycles. The molecular formula is C19H18N4O3. The summed E-state index contributed by atoms with van der Waals surface area (Å²) in [6, 6.07) is 6.03. The van der Waals surface area contributed by atoms with Crippen LogP contribution in [0.4, 0.5) is 5.82 Å². The van der Waals surface area contributed by atoms with Crippen LogP contribution in [0.15, 0.2) is 35.7 Å². The second kappa shape index (κ2) is 5.36. The summed E-state index contributed by atoms with van der Waals surface area (Å²) in [5.74, 6) is 0.0580. The van der Waals surface area contributed by atoms with Gasteiger partial charge in [-0.2, -0.15) is 10.4 Å². The van der Waals surface area contributed by atoms with E-state index in [-0.39, 0.29) is 22.7 Å². The monoisotopic (exact) mass is 350 g/mol. The number of benzene rings is 1. The van der Waals surface area contributed by atoms with E-state index >= 15 is 0 Å². The molecule has 1 aromatic carbocycles. The summed E-state index contributed by atoms with van der Waals surface area (Å²) in [5, 5.41) is 36.5. The normalized spacial score (nSPS) is 20.8. The fourth-order valence-corrected chi connectivity index (χ4v) is 3.81. The molecule has 0 amide bonds. The zero-order valence-electron chi connectivity index (χ0n) is 14.4. The Morgan fingerprint density at radius 2 is 2.08 bits per heavy atom. The number of rotatable bonds is 1. The summed E-state index contributed by atoms with van der Waals surface area (Å²) in [5.41, 5.74) is 2.21. The molecule has 4 rings (SSSR count). The summed E-state index contributed by atoms with van der Waals surface area (Å²) in [6.07, 6.45) is 2.55. The average Bonchev–Trinajstić information content (AvgIpc) is 2.97. The number of allylic oxidation sites excluding steroid dienone is 2. The third-order valence-corrected chi connectivity index (χ3v) is 4.94. The van der Waals surface area contributed by atoms with Crippen molar-refractivity contribution in [3.63, 3.8) is 0 Å². The number of hydrogen-bond acceptors (Lipinski definition) is 6. The van der Waals surface area contributed by atoms with Gasteiger partial charge in [-0.3, -0.25) is 4.79 Å². The van der Waals surface area contributed by atoms with Crippen molar-refractivity contribution in [3.05, 3.63) is 46.8 Å². The zero-order valence-corrected chi connectivity index (χ0v) is 14.4. The Morgan fingerprint density at radius 3 is 2.77 bits per heavy atom. The Labute approximate surface area is 150 Å². The predicted molar refractivity (Wildman–Crippen MR) is 93.5 cm³/mol. The van der Waals surface area contributed by atoms with E-state index in [9.17, 15) is 20.3 Å². The number of aromatic hydroxyl groups is 2. The van der Waals surface area contributed by atoms with Crippen LogP contribution in [0.1, 0.15) is 43.9 Å². The predicted octanol–water partition coefficient (Wildman–Crippen LogP) is 2.82. The lowest BCUT2D eigenvalue weighted by atomic mass is 9.73. The van der Waals surface area contributed by atoms with Crippen molar-refractivity contribution in [3.8, 4) is 17.6 Å². The van der Waals surface area contributed by atoms with Gasteiger partial charge in [0, 0.05) is 17.7 Å². The van der Waals surface area contributed by atoms with Crippen LogP contribution in [0.2, 0.25) is 0 Å². The van der Waals surface area contributed by atoms with Gasteiger partial charge in [0.1, 0.15) is 23.5 Å². The van der Waals surface area contributed by atoms with Gasteiger partial charge in [0.05, 0.1) is 6.20 Å². The zero-order chi connectivity index (χ0) is 18.6. The van der Waals surface area contributed by atoms with Crippen molar-refractivity contribution < 1.29 is 15.0 Å². The summed E-state index contributed by atoms with van der Waals surface area (Å²) in [6.45, 7) is 4.07. The lowest BCUT2D eigenvalue weighted by Crippen LogP contribution is -2.36. The van der Waals surface area contributed by atoms with Crippen LogP contribution in [0.5, 0.6) is 11.5 Å². The first kappa shape index (κ1) is 16.2. The highest BCUT2D eigenvalue weighted by molar-refractivity contribution is 6.00. The molecule has 2 aromatic rings. The van der Waals surface area contributed by atoms with Gasteiger partial charge in [0.25, 0.3) is 0 Å². The number of nitrogens with zero attached hydrogens (tertiary/aromatic N) is 3. The highest BCUT2D eigenvalue weighted by Crippen LogP contribution is 2.46. The van der Waals surface area contributed by atoms with Crippen molar-refractivity contribution >= 4 is 11.6 Å². The van der Waals surface area contributed by atoms with Gasteiger partial charge in [0.15, 0.2) is 17.3 Å². The average molecular weight is 350 g/mol. The molecule has 1 aliphatic carbocycles. The van der Waals surface area contributed by atoms with Crippen molar-refractivity contribution in [1.82, 2.24) is 9.78 Å². The fraction of sp³-hybridized carbons (Fsp3) is 0.316. The van der Waals surface area contributed by atoms with E-state index in [1.807, 2.05) is 13.8 Å². The first-order valence-electron chi connectivity index (χ1n) is 8.33. The van der Waals surface area contributed by atoms with E-state index in [2.05, 4.69) is 16.5 Å². The molecule has 0 fully saturated rings. The molecule has 26 heavy (non-hydrogen) atoms. The van der Waals surface area contributed by atoms with Gasteiger partial charge in [-0.1, -0.05) is 19.9 Å². The number of hydrogen-bond donors (Lipinski definition) is 3. The van der Waals surface area contributed by atoms with E-state index in [0.717, 1.165) is 5.70 Å². The van der Waals surface area contributed by atoms with Crippen molar-refractivity contribution in [1.29, 1.82) is 5.26 Å². The summed E-state index contributed by atoms with van der Waals surface area (Å²) in [7, 11) is 0. The number of carbonyl (C=O) groups excluding carboxylic acids is 1. The van der Waals surface area contributed by atoms with Crippen molar-refractivity contribution in [2.75, 3.05) is 5.32 Å². The van der Waals surface area contributed by atoms with E-state index in [4.69, 9.17) is 0 Å². The largest absolute Gasteiger partial charge is 0.504 e. The summed E-state index contributed by atoms with van der Waals surface area (Å²) >= 11 is 0. The highest BCUT2D eigenvalue weighted by Gasteiger charge is 2.41. The maximum atomic E-state index is 13.0. The molecule has 1 unspecified atom stereocenters. The molecule has 0 radical (unpaired) electrons. The number of anilines is 1. The Balaban J connectivity index is 1.95. The van der Waals surface area contributed by atoms with Gasteiger partial charge in [-0.25, -0.2) is 4.68 Å². The van der Waals surface area contributed by atoms with Gasteiger partial charge in [-0.05, 0) is 29.5 Å². The molecule has 0 spiro atoms. The Bertz CT molecular complexity index is 1010. The first-order chi connectivity index (χ1) is 12.3. The quantitative estimate of drug-likeness (QED) is 0.682. The number of ketones is 1. The van der Waals surface area contributed by atoms with Gasteiger partial charge < -0.3 is 15.5 Å². The first-order valence-corrected chi connectivity index (χ1v) is 8.33. The van der Waals surface area contributed by atoms with Gasteiger partial charge in [-0.15, -0.1) is 0 Å². The van der Waals surface area contributed by atoms with Crippen LogP contribution in [-0.4, -0.2) is 25.8 Å². The van der Waals surface area contributed by atoms with E-state index in [1.165, 1.54) is 18.3 Å². The number of fused-ring (bicyclic) bond motifs is 1. The molecule has 132 valence electrons. The second-order valence-corrected chi connectivity index (χ2v) is 7.57. The molecule has 0 saturated carbocycles. The Kier molecular flexibility index (Phi) is 3.34. The molecule has 2 heterocycles. The van der Waals surface area contributed by atoms with E-state index < -0.39 is 6.04 Å². The summed E-state index contributed by atoms with van der Waals surface area (Å²) in [4.78, 5) is 13.0. The summed E-state index contributed by atoms with van der Waals surface area (Å²) < 4.78 is 1.60. The lowest BCUT2D eigenvalue weighted by molar-refractivity contribution is -0.118. The van der Waals surface area contributed by atoms with Crippen LogP contribution in [0.3, 0.4) is 0 Å². The number of Topliss-reactive ketones (excluding diaryl/α,β-unsaturated/α-hetero) is 1. The smallest absolute Gasteiger partial charge is 0.163 e. The Hall–Kier alpha value is -3.27. The molecule has 2 aliphatic rings. The maximum absolute atomic E-state index is 13.0. The van der Waals surface area contributed by atoms with Crippen LogP contribution < -0.4 is 5.32 Å².